The van der Waals surface area contributed by atoms with Crippen LogP contribution in [0, 0.1) is 13.8 Å². The molecule has 2 aromatic heterocycles. The van der Waals surface area contributed by atoms with Crippen LogP contribution < -0.4 is 9.80 Å². The first kappa shape index (κ1) is 16.8. The van der Waals surface area contributed by atoms with E-state index in [4.69, 9.17) is 4.98 Å². The van der Waals surface area contributed by atoms with Crippen LogP contribution in [0.15, 0.2) is 42.6 Å². The number of pyridine rings is 1. The molecule has 3 heterocycles. The van der Waals surface area contributed by atoms with Gasteiger partial charge < -0.3 is 9.80 Å². The Hall–Kier alpha value is -2.69. The van der Waals surface area contributed by atoms with E-state index in [1.807, 2.05) is 19.2 Å². The molecule has 1 aliphatic heterocycles. The van der Waals surface area contributed by atoms with Crippen molar-refractivity contribution >= 4 is 22.4 Å². The van der Waals surface area contributed by atoms with E-state index < -0.39 is 0 Å². The van der Waals surface area contributed by atoms with Crippen LogP contribution >= 0.6 is 0 Å². The van der Waals surface area contributed by atoms with Crippen LogP contribution in [0.2, 0.25) is 0 Å². The van der Waals surface area contributed by atoms with Gasteiger partial charge in [-0.05, 0) is 56.3 Å². The van der Waals surface area contributed by atoms with Crippen LogP contribution in [0.5, 0.6) is 0 Å². The molecular weight excluding hydrogens is 322 g/mol. The van der Waals surface area contributed by atoms with Gasteiger partial charge in [0, 0.05) is 37.8 Å². The average molecular weight is 347 g/mol. The number of aryl methyl sites for hydroxylation is 2. The fourth-order valence-electron chi connectivity index (χ4n) is 3.75. The Morgan fingerprint density at radius 3 is 2.54 bits per heavy atom. The summed E-state index contributed by atoms with van der Waals surface area (Å²) in [6.45, 7) is 6.12. The minimum Gasteiger partial charge on any atom is -0.356 e. The summed E-state index contributed by atoms with van der Waals surface area (Å²) in [6.07, 6.45) is 4.11. The third-order valence-electron chi connectivity index (χ3n) is 5.36. The second kappa shape index (κ2) is 6.90. The second-order valence-electron chi connectivity index (χ2n) is 7.22. The smallest absolute Gasteiger partial charge is 0.151 e. The summed E-state index contributed by atoms with van der Waals surface area (Å²) < 4.78 is 0. The van der Waals surface area contributed by atoms with E-state index in [0.717, 1.165) is 43.3 Å². The van der Waals surface area contributed by atoms with Gasteiger partial charge in [-0.2, -0.15) is 5.10 Å². The predicted octanol–water partition coefficient (Wildman–Crippen LogP) is 3.75. The number of rotatable bonds is 3. The first-order valence-electron chi connectivity index (χ1n) is 9.25. The molecule has 0 N–H and O–H groups in total. The summed E-state index contributed by atoms with van der Waals surface area (Å²) in [5, 5.41) is 11.0. The lowest BCUT2D eigenvalue weighted by atomic mass is 10.0. The summed E-state index contributed by atoms with van der Waals surface area (Å²) in [6, 6.07) is 13.3. The van der Waals surface area contributed by atoms with Gasteiger partial charge in [0.05, 0.1) is 5.69 Å². The normalized spacial score (nSPS) is 15.4. The van der Waals surface area contributed by atoms with Crippen molar-refractivity contribution in [3.05, 3.63) is 53.9 Å². The molecule has 1 saturated heterocycles. The van der Waals surface area contributed by atoms with Gasteiger partial charge in [-0.15, -0.1) is 5.10 Å². The molecule has 1 aliphatic rings. The van der Waals surface area contributed by atoms with Crippen molar-refractivity contribution in [2.24, 2.45) is 0 Å². The van der Waals surface area contributed by atoms with Crippen LogP contribution in [0.4, 0.5) is 11.6 Å². The zero-order valence-corrected chi connectivity index (χ0v) is 15.7. The molecule has 0 radical (unpaired) electrons. The summed E-state index contributed by atoms with van der Waals surface area (Å²) in [4.78, 5) is 9.39. The highest BCUT2D eigenvalue weighted by atomic mass is 15.3. The van der Waals surface area contributed by atoms with Crippen LogP contribution in [-0.4, -0.2) is 41.4 Å². The number of benzene rings is 1. The molecule has 0 amide bonds. The molecule has 0 bridgehead atoms. The lowest BCUT2D eigenvalue weighted by molar-refractivity contribution is 0.477. The molecule has 0 spiro atoms. The summed E-state index contributed by atoms with van der Waals surface area (Å²) in [7, 11) is 2.12. The molecule has 4 rings (SSSR count). The Kier molecular flexibility index (Phi) is 4.45. The van der Waals surface area contributed by atoms with Crippen LogP contribution in [0.1, 0.15) is 24.1 Å². The first-order chi connectivity index (χ1) is 12.6. The fraction of sp³-hybridized carbons (Fsp3) is 0.381. The number of hydrogen-bond acceptors (Lipinski definition) is 5. The molecular formula is C21H25N5. The molecule has 134 valence electrons. The van der Waals surface area contributed by atoms with Crippen molar-refractivity contribution in [1.29, 1.82) is 0 Å². The van der Waals surface area contributed by atoms with Crippen molar-refractivity contribution in [3.8, 4) is 0 Å². The quantitative estimate of drug-likeness (QED) is 0.722. The number of anilines is 2. The number of hydrogen-bond donors (Lipinski definition) is 0. The van der Waals surface area contributed by atoms with E-state index in [2.05, 4.69) is 64.3 Å². The highest BCUT2D eigenvalue weighted by Gasteiger charge is 2.25. The van der Waals surface area contributed by atoms with Crippen molar-refractivity contribution < 1.29 is 0 Å². The topological polar surface area (TPSA) is 45.2 Å². The standard InChI is InChI=1S/C21H25N5/c1-15-4-6-17-8-11-22-21(19(17)14-15)26-12-9-18(10-13-26)25(3)20-7-5-16(2)23-24-20/h4-8,11,14,18H,9-10,12-13H2,1-3H3. The Morgan fingerprint density at radius 2 is 1.81 bits per heavy atom. The summed E-state index contributed by atoms with van der Waals surface area (Å²) in [5.74, 6) is 2.07. The lowest BCUT2D eigenvalue weighted by Gasteiger charge is -2.38. The first-order valence-corrected chi connectivity index (χ1v) is 9.25. The van der Waals surface area contributed by atoms with Crippen LogP contribution in [0.25, 0.3) is 10.8 Å². The van der Waals surface area contributed by atoms with Gasteiger partial charge in [0.1, 0.15) is 5.82 Å². The third kappa shape index (κ3) is 3.21. The van der Waals surface area contributed by atoms with E-state index in [-0.39, 0.29) is 0 Å². The maximum absolute atomic E-state index is 4.70. The molecule has 0 aliphatic carbocycles. The minimum absolute atomic E-state index is 0.486. The number of aromatic nitrogens is 3. The van der Waals surface area contributed by atoms with Gasteiger partial charge in [0.15, 0.2) is 5.82 Å². The van der Waals surface area contributed by atoms with Crippen molar-refractivity contribution in [2.45, 2.75) is 32.7 Å². The van der Waals surface area contributed by atoms with Crippen molar-refractivity contribution in [3.63, 3.8) is 0 Å². The SMILES string of the molecule is Cc1ccc2ccnc(N3CCC(N(C)c4ccc(C)nn4)CC3)c2c1. The average Bonchev–Trinajstić information content (AvgIpc) is 2.68. The van der Waals surface area contributed by atoms with Crippen LogP contribution in [-0.2, 0) is 0 Å². The maximum atomic E-state index is 4.70. The largest absolute Gasteiger partial charge is 0.356 e. The molecule has 3 aromatic rings. The van der Waals surface area contributed by atoms with E-state index >= 15 is 0 Å². The second-order valence-corrected chi connectivity index (χ2v) is 7.22. The Balaban J connectivity index is 1.50. The Bertz CT molecular complexity index is 898. The molecule has 26 heavy (non-hydrogen) atoms. The molecule has 1 aromatic carbocycles. The Labute approximate surface area is 154 Å². The third-order valence-corrected chi connectivity index (χ3v) is 5.36. The van der Waals surface area contributed by atoms with E-state index in [1.54, 1.807) is 0 Å². The zero-order valence-electron chi connectivity index (χ0n) is 15.7. The molecule has 0 saturated carbocycles. The van der Waals surface area contributed by atoms with Crippen molar-refractivity contribution in [1.82, 2.24) is 15.2 Å². The van der Waals surface area contributed by atoms with Gasteiger partial charge >= 0.3 is 0 Å². The molecule has 0 atom stereocenters. The van der Waals surface area contributed by atoms with E-state index in [0.29, 0.717) is 6.04 Å². The van der Waals surface area contributed by atoms with Gasteiger partial charge in [0.25, 0.3) is 0 Å². The number of fused-ring (bicyclic) bond motifs is 1. The maximum Gasteiger partial charge on any atom is 0.151 e. The summed E-state index contributed by atoms with van der Waals surface area (Å²) in [5.41, 5.74) is 2.23. The fourth-order valence-corrected chi connectivity index (χ4v) is 3.75. The van der Waals surface area contributed by atoms with Crippen molar-refractivity contribution in [2.75, 3.05) is 29.9 Å². The van der Waals surface area contributed by atoms with Gasteiger partial charge in [-0.3, -0.25) is 0 Å². The number of nitrogens with zero attached hydrogens (tertiary/aromatic N) is 5. The predicted molar refractivity (Wildman–Crippen MR) is 107 cm³/mol. The van der Waals surface area contributed by atoms with Gasteiger partial charge in [-0.25, -0.2) is 4.98 Å². The van der Waals surface area contributed by atoms with Crippen LogP contribution in [0.3, 0.4) is 0 Å². The molecule has 1 fully saturated rings. The number of piperidine rings is 1. The van der Waals surface area contributed by atoms with E-state index in [9.17, 15) is 0 Å². The highest BCUT2D eigenvalue weighted by Crippen LogP contribution is 2.29. The zero-order chi connectivity index (χ0) is 18.1. The Morgan fingerprint density at radius 1 is 1.00 bits per heavy atom. The minimum atomic E-state index is 0.486. The molecule has 0 unspecified atom stereocenters. The molecule has 5 nitrogen and oxygen atoms in total. The lowest BCUT2D eigenvalue weighted by Crippen LogP contribution is -2.44. The molecule has 5 heteroatoms. The van der Waals surface area contributed by atoms with Gasteiger partial charge in [-0.1, -0.05) is 17.7 Å². The summed E-state index contributed by atoms with van der Waals surface area (Å²) >= 11 is 0. The van der Waals surface area contributed by atoms with E-state index in [1.165, 1.54) is 16.3 Å². The highest BCUT2D eigenvalue weighted by molar-refractivity contribution is 5.92. The van der Waals surface area contributed by atoms with Gasteiger partial charge in [0.2, 0.25) is 0 Å². The monoisotopic (exact) mass is 347 g/mol.